The highest BCUT2D eigenvalue weighted by Gasteiger charge is 2.44. The maximum absolute atomic E-state index is 8.97. The van der Waals surface area contributed by atoms with Crippen molar-refractivity contribution < 1.29 is 5.11 Å². The monoisotopic (exact) mass is 178 g/mol. The molecule has 0 aliphatic heterocycles. The van der Waals surface area contributed by atoms with Gasteiger partial charge in [0.15, 0.2) is 0 Å². The molecule has 4 aliphatic carbocycles. The Balaban J connectivity index is 1.89. The van der Waals surface area contributed by atoms with Crippen molar-refractivity contribution in [1.29, 1.82) is 0 Å². The molecular weight excluding hydrogens is 160 g/mol. The second-order valence-electron chi connectivity index (χ2n) is 5.19. The van der Waals surface area contributed by atoms with E-state index in [-0.39, 0.29) is 6.61 Å². The van der Waals surface area contributed by atoms with Gasteiger partial charge in [-0.25, -0.2) is 0 Å². The van der Waals surface area contributed by atoms with Crippen LogP contribution in [-0.4, -0.2) is 11.7 Å². The van der Waals surface area contributed by atoms with Gasteiger partial charge < -0.3 is 5.11 Å². The van der Waals surface area contributed by atoms with E-state index in [9.17, 15) is 0 Å². The summed E-state index contributed by atoms with van der Waals surface area (Å²) in [5, 5.41) is 8.97. The highest BCUT2D eigenvalue weighted by atomic mass is 16.2. The minimum atomic E-state index is 0.262. The van der Waals surface area contributed by atoms with Gasteiger partial charge in [0.1, 0.15) is 0 Å². The van der Waals surface area contributed by atoms with Crippen molar-refractivity contribution in [2.24, 2.45) is 23.7 Å². The third-order valence-corrected chi connectivity index (χ3v) is 4.41. The molecule has 4 fully saturated rings. The van der Waals surface area contributed by atoms with Crippen molar-refractivity contribution >= 4 is 0 Å². The van der Waals surface area contributed by atoms with Crippen LogP contribution in [0.25, 0.3) is 0 Å². The molecule has 4 bridgehead atoms. The molecule has 4 aliphatic rings. The fraction of sp³-hybridized carbons (Fsp3) is 0.833. The predicted octanol–water partition coefficient (Wildman–Crippen LogP) is 2.36. The highest BCUT2D eigenvalue weighted by molar-refractivity contribution is 5.20. The van der Waals surface area contributed by atoms with E-state index in [0.717, 1.165) is 23.7 Å². The van der Waals surface area contributed by atoms with E-state index in [1.807, 2.05) is 0 Å². The van der Waals surface area contributed by atoms with Crippen LogP contribution >= 0.6 is 0 Å². The summed E-state index contributed by atoms with van der Waals surface area (Å²) < 4.78 is 0. The lowest BCUT2D eigenvalue weighted by Gasteiger charge is -2.51. The first-order valence-electron chi connectivity index (χ1n) is 5.67. The fourth-order valence-corrected chi connectivity index (χ4v) is 4.17. The van der Waals surface area contributed by atoms with Crippen molar-refractivity contribution in [2.45, 2.75) is 32.1 Å². The standard InChI is InChI=1S/C12H18O/c13-2-1-12-10-4-8-3-9(6-10)7-11(12)5-8/h1,8-11,13H,2-7H2. The third kappa shape index (κ3) is 1.17. The zero-order valence-electron chi connectivity index (χ0n) is 8.08. The van der Waals surface area contributed by atoms with E-state index in [4.69, 9.17) is 5.11 Å². The largest absolute Gasteiger partial charge is 0.392 e. The summed E-state index contributed by atoms with van der Waals surface area (Å²) in [7, 11) is 0. The first kappa shape index (κ1) is 8.05. The van der Waals surface area contributed by atoms with Crippen molar-refractivity contribution in [3.05, 3.63) is 11.6 Å². The van der Waals surface area contributed by atoms with Gasteiger partial charge in [-0.3, -0.25) is 0 Å². The average Bonchev–Trinajstić information content (AvgIpc) is 2.10. The number of hydrogen-bond acceptors (Lipinski definition) is 1. The Hall–Kier alpha value is -0.300. The van der Waals surface area contributed by atoms with E-state index in [1.54, 1.807) is 5.57 Å². The maximum atomic E-state index is 8.97. The molecule has 0 saturated heterocycles. The summed E-state index contributed by atoms with van der Waals surface area (Å²) in [5.74, 6) is 3.81. The third-order valence-electron chi connectivity index (χ3n) is 4.41. The van der Waals surface area contributed by atoms with Gasteiger partial charge in [-0.05, 0) is 55.8 Å². The number of aliphatic hydroxyl groups is 1. The smallest absolute Gasteiger partial charge is 0.0615 e. The molecule has 4 saturated carbocycles. The van der Waals surface area contributed by atoms with Gasteiger partial charge in [-0.2, -0.15) is 0 Å². The SMILES string of the molecule is OCC=C1C2CC3CC(C2)CC1C3. The quantitative estimate of drug-likeness (QED) is 0.611. The van der Waals surface area contributed by atoms with Crippen LogP contribution in [0.1, 0.15) is 32.1 Å². The first-order chi connectivity index (χ1) is 6.36. The van der Waals surface area contributed by atoms with Crippen LogP contribution in [0.2, 0.25) is 0 Å². The Bertz CT molecular complexity index is 212. The van der Waals surface area contributed by atoms with Gasteiger partial charge in [0, 0.05) is 0 Å². The summed E-state index contributed by atoms with van der Waals surface area (Å²) in [6, 6.07) is 0. The Morgan fingerprint density at radius 2 is 1.54 bits per heavy atom. The average molecular weight is 178 g/mol. The number of rotatable bonds is 1. The Labute approximate surface area is 79.8 Å². The summed E-state index contributed by atoms with van der Waals surface area (Å²) in [6.07, 6.45) is 9.34. The molecule has 0 aromatic carbocycles. The number of allylic oxidation sites excluding steroid dienone is 1. The molecule has 0 aromatic heterocycles. The number of hydrogen-bond donors (Lipinski definition) is 1. The summed E-state index contributed by atoms with van der Waals surface area (Å²) in [4.78, 5) is 0. The van der Waals surface area contributed by atoms with Crippen LogP contribution in [0.5, 0.6) is 0 Å². The van der Waals surface area contributed by atoms with E-state index in [1.165, 1.54) is 32.1 Å². The van der Waals surface area contributed by atoms with E-state index in [0.29, 0.717) is 0 Å². The van der Waals surface area contributed by atoms with Crippen LogP contribution < -0.4 is 0 Å². The van der Waals surface area contributed by atoms with Gasteiger partial charge in [0.2, 0.25) is 0 Å². The van der Waals surface area contributed by atoms with E-state index in [2.05, 4.69) is 6.08 Å². The molecule has 1 nitrogen and oxygen atoms in total. The molecule has 0 atom stereocenters. The fourth-order valence-electron chi connectivity index (χ4n) is 4.17. The van der Waals surface area contributed by atoms with Gasteiger partial charge in [-0.15, -0.1) is 0 Å². The molecule has 72 valence electrons. The molecule has 0 unspecified atom stereocenters. The molecule has 13 heavy (non-hydrogen) atoms. The molecule has 1 N–H and O–H groups in total. The van der Waals surface area contributed by atoms with Crippen molar-refractivity contribution in [2.75, 3.05) is 6.61 Å². The second kappa shape index (κ2) is 2.84. The lowest BCUT2D eigenvalue weighted by molar-refractivity contribution is 0.0686. The van der Waals surface area contributed by atoms with Crippen molar-refractivity contribution in [3.8, 4) is 0 Å². The van der Waals surface area contributed by atoms with Gasteiger partial charge >= 0.3 is 0 Å². The molecule has 0 aromatic rings. The lowest BCUT2D eigenvalue weighted by atomic mass is 9.54. The zero-order chi connectivity index (χ0) is 8.84. The lowest BCUT2D eigenvalue weighted by Crippen LogP contribution is -2.40. The summed E-state index contributed by atoms with van der Waals surface area (Å²) in [6.45, 7) is 0.262. The first-order valence-corrected chi connectivity index (χ1v) is 5.67. The van der Waals surface area contributed by atoms with Gasteiger partial charge in [-0.1, -0.05) is 11.6 Å². The normalized spacial score (nSPS) is 47.0. The van der Waals surface area contributed by atoms with Crippen molar-refractivity contribution in [1.82, 2.24) is 0 Å². The van der Waals surface area contributed by atoms with Crippen LogP contribution in [0.15, 0.2) is 11.6 Å². The molecule has 0 heterocycles. The van der Waals surface area contributed by atoms with Crippen molar-refractivity contribution in [3.63, 3.8) is 0 Å². The number of aliphatic hydroxyl groups excluding tert-OH is 1. The minimum absolute atomic E-state index is 0.262. The van der Waals surface area contributed by atoms with Crippen LogP contribution in [-0.2, 0) is 0 Å². The Kier molecular flexibility index (Phi) is 1.76. The van der Waals surface area contributed by atoms with Gasteiger partial charge in [0.25, 0.3) is 0 Å². The minimum Gasteiger partial charge on any atom is -0.392 e. The van der Waals surface area contributed by atoms with E-state index >= 15 is 0 Å². The highest BCUT2D eigenvalue weighted by Crippen LogP contribution is 2.56. The topological polar surface area (TPSA) is 20.2 Å². The molecule has 4 rings (SSSR count). The molecule has 0 spiro atoms. The van der Waals surface area contributed by atoms with Crippen LogP contribution in [0.3, 0.4) is 0 Å². The predicted molar refractivity (Wildman–Crippen MR) is 52.2 cm³/mol. The van der Waals surface area contributed by atoms with E-state index < -0.39 is 0 Å². The van der Waals surface area contributed by atoms with Crippen LogP contribution in [0.4, 0.5) is 0 Å². The Morgan fingerprint density at radius 1 is 1.00 bits per heavy atom. The molecule has 1 heteroatoms. The Morgan fingerprint density at radius 3 is 2.00 bits per heavy atom. The second-order valence-corrected chi connectivity index (χ2v) is 5.19. The zero-order valence-corrected chi connectivity index (χ0v) is 8.08. The maximum Gasteiger partial charge on any atom is 0.0615 e. The molecular formula is C12H18O. The van der Waals surface area contributed by atoms with Gasteiger partial charge in [0.05, 0.1) is 6.61 Å². The van der Waals surface area contributed by atoms with Crippen LogP contribution in [0, 0.1) is 23.7 Å². The molecule has 0 radical (unpaired) electrons. The summed E-state index contributed by atoms with van der Waals surface area (Å²) in [5.41, 5.74) is 1.62. The molecule has 0 amide bonds. The summed E-state index contributed by atoms with van der Waals surface area (Å²) >= 11 is 0.